The van der Waals surface area contributed by atoms with Crippen molar-refractivity contribution in [3.63, 3.8) is 0 Å². The Bertz CT molecular complexity index is 1260. The van der Waals surface area contributed by atoms with Crippen LogP contribution >= 0.6 is 23.2 Å². The summed E-state index contributed by atoms with van der Waals surface area (Å²) in [5.41, 5.74) is 3.20. The molecular formula is C29H34Cl2N4O4. The predicted octanol–water partition coefficient (Wildman–Crippen LogP) is 5.05. The number of amides is 3. The van der Waals surface area contributed by atoms with E-state index in [9.17, 15) is 14.4 Å². The molecule has 10 heteroatoms. The molecule has 39 heavy (non-hydrogen) atoms. The van der Waals surface area contributed by atoms with E-state index in [1.807, 2.05) is 43.0 Å². The van der Waals surface area contributed by atoms with Gasteiger partial charge in [-0.05, 0) is 51.0 Å². The third kappa shape index (κ3) is 6.40. The zero-order valence-corrected chi connectivity index (χ0v) is 24.0. The molecule has 2 heterocycles. The van der Waals surface area contributed by atoms with Gasteiger partial charge in [0.25, 0.3) is 5.91 Å². The van der Waals surface area contributed by atoms with E-state index in [-0.39, 0.29) is 23.6 Å². The first-order valence-electron chi connectivity index (χ1n) is 13.3. The van der Waals surface area contributed by atoms with Crippen molar-refractivity contribution in [2.75, 3.05) is 45.9 Å². The van der Waals surface area contributed by atoms with Crippen LogP contribution in [0.15, 0.2) is 53.7 Å². The second-order valence-corrected chi connectivity index (χ2v) is 10.4. The number of nitrogens with zero attached hydrogens (tertiary/aromatic N) is 3. The summed E-state index contributed by atoms with van der Waals surface area (Å²) in [5.74, 6) is -0.510. The molecule has 0 saturated carbocycles. The standard InChI is InChI=1S/C29H34Cl2N4O4/c1-4-35-23(18-33-14-7-15-34(17-16-33)27(36)20-12-10-19(3)11-13-20)24(28(37)39-5-2)26(32-29(35)38)21-8-6-9-22(30)25(21)31/h6,8-13,26H,4-5,7,14-18H2,1-3H3,(H,32,38). The summed E-state index contributed by atoms with van der Waals surface area (Å²) in [5, 5.41) is 3.53. The number of likely N-dealkylation sites (N-methyl/N-ethyl adjacent to an activating group) is 1. The Morgan fingerprint density at radius 2 is 1.77 bits per heavy atom. The highest BCUT2D eigenvalue weighted by Gasteiger charge is 2.39. The normalized spacial score (nSPS) is 18.6. The number of urea groups is 1. The van der Waals surface area contributed by atoms with Crippen molar-refractivity contribution in [3.05, 3.63) is 80.5 Å². The second kappa shape index (κ2) is 12.9. The highest BCUT2D eigenvalue weighted by molar-refractivity contribution is 6.42. The molecule has 1 fully saturated rings. The van der Waals surface area contributed by atoms with Gasteiger partial charge in [0, 0.05) is 50.5 Å². The molecule has 4 rings (SSSR count). The summed E-state index contributed by atoms with van der Waals surface area (Å²) in [6, 6.07) is 11.6. The minimum Gasteiger partial charge on any atom is -0.463 e. The Balaban J connectivity index is 1.64. The lowest BCUT2D eigenvalue weighted by atomic mass is 9.94. The average molecular weight is 574 g/mol. The lowest BCUT2D eigenvalue weighted by Crippen LogP contribution is -2.51. The molecule has 0 aromatic heterocycles. The summed E-state index contributed by atoms with van der Waals surface area (Å²) in [6.45, 7) is 8.97. The number of carbonyl (C=O) groups excluding carboxylic acids is 3. The average Bonchev–Trinajstić information content (AvgIpc) is 3.16. The van der Waals surface area contributed by atoms with Crippen molar-refractivity contribution in [2.24, 2.45) is 0 Å². The van der Waals surface area contributed by atoms with E-state index in [1.165, 1.54) is 0 Å². The number of benzene rings is 2. The van der Waals surface area contributed by atoms with Crippen LogP contribution in [0.3, 0.4) is 0 Å². The summed E-state index contributed by atoms with van der Waals surface area (Å²) in [6.07, 6.45) is 0.765. The molecule has 0 radical (unpaired) electrons. The van der Waals surface area contributed by atoms with Crippen molar-refractivity contribution >= 4 is 41.1 Å². The maximum atomic E-state index is 13.4. The maximum Gasteiger partial charge on any atom is 0.338 e. The van der Waals surface area contributed by atoms with E-state index >= 15 is 0 Å². The Morgan fingerprint density at radius 1 is 1.03 bits per heavy atom. The summed E-state index contributed by atoms with van der Waals surface area (Å²) in [7, 11) is 0. The SMILES string of the molecule is CCOC(=O)C1=C(CN2CCCN(C(=O)c3ccc(C)cc3)CC2)N(CC)C(=O)NC1c1cccc(Cl)c1Cl. The minimum atomic E-state index is -0.813. The van der Waals surface area contributed by atoms with Crippen LogP contribution in [0.1, 0.15) is 47.8 Å². The van der Waals surface area contributed by atoms with Gasteiger partial charge in [0.05, 0.1) is 28.3 Å². The third-order valence-electron chi connectivity index (χ3n) is 7.09. The van der Waals surface area contributed by atoms with Gasteiger partial charge in [-0.25, -0.2) is 9.59 Å². The minimum absolute atomic E-state index is 0.00571. The van der Waals surface area contributed by atoms with Crippen LogP contribution in [0.5, 0.6) is 0 Å². The fourth-order valence-corrected chi connectivity index (χ4v) is 5.47. The molecule has 2 aliphatic heterocycles. The Morgan fingerprint density at radius 3 is 2.46 bits per heavy atom. The van der Waals surface area contributed by atoms with E-state index in [0.717, 1.165) is 12.0 Å². The lowest BCUT2D eigenvalue weighted by molar-refractivity contribution is -0.139. The second-order valence-electron chi connectivity index (χ2n) is 9.64. The van der Waals surface area contributed by atoms with Crippen molar-refractivity contribution in [1.82, 2.24) is 20.0 Å². The van der Waals surface area contributed by atoms with Crippen molar-refractivity contribution in [3.8, 4) is 0 Å². The number of carbonyl (C=O) groups is 3. The highest BCUT2D eigenvalue weighted by atomic mass is 35.5. The van der Waals surface area contributed by atoms with Gasteiger partial charge in [0.15, 0.2) is 0 Å². The van der Waals surface area contributed by atoms with E-state index in [0.29, 0.717) is 66.7 Å². The fraction of sp³-hybridized carbons (Fsp3) is 0.414. The number of halogens is 2. The van der Waals surface area contributed by atoms with Crippen molar-refractivity contribution < 1.29 is 19.1 Å². The van der Waals surface area contributed by atoms with E-state index < -0.39 is 12.0 Å². The first-order chi connectivity index (χ1) is 18.7. The van der Waals surface area contributed by atoms with Gasteiger partial charge in [-0.3, -0.25) is 14.6 Å². The summed E-state index contributed by atoms with van der Waals surface area (Å²) in [4.78, 5) is 45.4. The van der Waals surface area contributed by atoms with Gasteiger partial charge in [-0.15, -0.1) is 0 Å². The molecule has 2 aliphatic rings. The number of esters is 1. The quantitative estimate of drug-likeness (QED) is 0.469. The van der Waals surface area contributed by atoms with Crippen LogP contribution in [-0.4, -0.2) is 78.5 Å². The van der Waals surface area contributed by atoms with Crippen LogP contribution in [0.4, 0.5) is 4.79 Å². The molecule has 1 saturated heterocycles. The Kier molecular flexibility index (Phi) is 9.53. The van der Waals surface area contributed by atoms with E-state index in [1.54, 1.807) is 30.0 Å². The molecule has 0 spiro atoms. The molecule has 2 aromatic carbocycles. The number of hydrogen-bond donors (Lipinski definition) is 1. The molecular weight excluding hydrogens is 539 g/mol. The van der Waals surface area contributed by atoms with Crippen LogP contribution in [0.2, 0.25) is 10.0 Å². The Hall–Kier alpha value is -3.07. The molecule has 0 bridgehead atoms. The number of hydrogen-bond acceptors (Lipinski definition) is 5. The maximum absolute atomic E-state index is 13.4. The molecule has 1 unspecified atom stereocenters. The number of ether oxygens (including phenoxy) is 1. The smallest absolute Gasteiger partial charge is 0.338 e. The third-order valence-corrected chi connectivity index (χ3v) is 7.92. The van der Waals surface area contributed by atoms with E-state index in [2.05, 4.69) is 10.2 Å². The molecule has 3 amide bonds. The Labute approximate surface area is 239 Å². The van der Waals surface area contributed by atoms with Gasteiger partial charge in [0.2, 0.25) is 0 Å². The molecule has 8 nitrogen and oxygen atoms in total. The fourth-order valence-electron chi connectivity index (χ4n) is 5.06. The first-order valence-corrected chi connectivity index (χ1v) is 14.0. The molecule has 1 atom stereocenters. The van der Waals surface area contributed by atoms with Gasteiger partial charge in [-0.2, -0.15) is 0 Å². The van der Waals surface area contributed by atoms with Crippen LogP contribution in [-0.2, 0) is 9.53 Å². The van der Waals surface area contributed by atoms with Crippen LogP contribution in [0.25, 0.3) is 0 Å². The first kappa shape index (κ1) is 28.9. The number of nitrogens with one attached hydrogen (secondary N) is 1. The largest absolute Gasteiger partial charge is 0.463 e. The van der Waals surface area contributed by atoms with Crippen molar-refractivity contribution in [2.45, 2.75) is 33.2 Å². The van der Waals surface area contributed by atoms with Gasteiger partial charge >= 0.3 is 12.0 Å². The molecule has 208 valence electrons. The van der Waals surface area contributed by atoms with E-state index in [4.69, 9.17) is 27.9 Å². The summed E-state index contributed by atoms with van der Waals surface area (Å²) < 4.78 is 5.46. The predicted molar refractivity (Wildman–Crippen MR) is 152 cm³/mol. The highest BCUT2D eigenvalue weighted by Crippen LogP contribution is 2.38. The molecule has 1 N–H and O–H groups in total. The van der Waals surface area contributed by atoms with Gasteiger partial charge in [-0.1, -0.05) is 53.0 Å². The van der Waals surface area contributed by atoms with Gasteiger partial charge in [0.1, 0.15) is 0 Å². The summed E-state index contributed by atoms with van der Waals surface area (Å²) >= 11 is 12.8. The van der Waals surface area contributed by atoms with Gasteiger partial charge < -0.3 is 15.0 Å². The number of aryl methyl sites for hydroxylation is 1. The van der Waals surface area contributed by atoms with Crippen molar-refractivity contribution in [1.29, 1.82) is 0 Å². The monoisotopic (exact) mass is 572 g/mol. The van der Waals surface area contributed by atoms with Crippen LogP contribution in [0, 0.1) is 6.92 Å². The van der Waals surface area contributed by atoms with Crippen LogP contribution < -0.4 is 5.32 Å². The zero-order valence-electron chi connectivity index (χ0n) is 22.5. The topological polar surface area (TPSA) is 82.2 Å². The molecule has 0 aliphatic carbocycles. The lowest BCUT2D eigenvalue weighted by Gasteiger charge is -2.38. The zero-order chi connectivity index (χ0) is 28.1. The number of rotatable bonds is 7. The molecule has 2 aromatic rings.